The van der Waals surface area contributed by atoms with Gasteiger partial charge in [-0.3, -0.25) is 9.59 Å². The highest BCUT2D eigenvalue weighted by molar-refractivity contribution is 7.12. The second-order valence-electron chi connectivity index (χ2n) is 7.58. The number of carbonyl (C=O) groups excluding carboxylic acids is 2. The maximum Gasteiger partial charge on any atom is 0.416 e. The van der Waals surface area contributed by atoms with Gasteiger partial charge < -0.3 is 15.7 Å². The molecule has 30 heavy (non-hydrogen) atoms. The topological polar surface area (TPSA) is 78.4 Å². The van der Waals surface area contributed by atoms with Crippen molar-refractivity contribution in [1.82, 2.24) is 5.32 Å². The fraction of sp³-hybridized carbons (Fsp3) is 0.429. The van der Waals surface area contributed by atoms with Crippen LogP contribution in [-0.2, 0) is 21.2 Å². The highest BCUT2D eigenvalue weighted by Gasteiger charge is 2.38. The summed E-state index contributed by atoms with van der Waals surface area (Å²) >= 11 is 1.51. The van der Waals surface area contributed by atoms with E-state index in [0.29, 0.717) is 0 Å². The highest BCUT2D eigenvalue weighted by Crippen LogP contribution is 2.44. The standard InChI is InChI=1S/C21H23F3N2O3S/c1-13(27)16-8-9-17(30-16)20(10-2-3-11-20)12-25-18(28)19(29)26-15-6-4-14(5-7-15)21(22,23)24/h4-9,13,27H,2-3,10-12H2,1H3,(H,25,28)(H,26,29). The molecule has 0 bridgehead atoms. The van der Waals surface area contributed by atoms with Crippen molar-refractivity contribution in [3.05, 3.63) is 51.7 Å². The number of carbonyl (C=O) groups is 2. The van der Waals surface area contributed by atoms with Crippen LogP contribution >= 0.6 is 11.3 Å². The van der Waals surface area contributed by atoms with Gasteiger partial charge in [0.15, 0.2) is 0 Å². The van der Waals surface area contributed by atoms with Crippen LogP contribution in [0.15, 0.2) is 36.4 Å². The van der Waals surface area contributed by atoms with Crippen LogP contribution in [0.1, 0.15) is 54.0 Å². The molecule has 1 aliphatic carbocycles. The summed E-state index contributed by atoms with van der Waals surface area (Å²) < 4.78 is 37.8. The van der Waals surface area contributed by atoms with E-state index in [-0.39, 0.29) is 17.6 Å². The molecule has 0 aliphatic heterocycles. The molecule has 1 aromatic carbocycles. The number of aliphatic hydroxyl groups is 1. The van der Waals surface area contributed by atoms with E-state index in [1.54, 1.807) is 6.92 Å². The third-order valence-corrected chi connectivity index (χ3v) is 6.89. The van der Waals surface area contributed by atoms with Crippen LogP contribution in [0.25, 0.3) is 0 Å². The molecular formula is C21H23F3N2O3S. The van der Waals surface area contributed by atoms with Crippen LogP contribution in [0, 0.1) is 0 Å². The number of thiophene rings is 1. The number of hydrogen-bond donors (Lipinski definition) is 3. The smallest absolute Gasteiger partial charge is 0.388 e. The first kappa shape index (κ1) is 22.3. The minimum Gasteiger partial charge on any atom is -0.388 e. The number of hydrogen-bond acceptors (Lipinski definition) is 4. The van der Waals surface area contributed by atoms with Crippen molar-refractivity contribution in [2.45, 2.75) is 50.3 Å². The lowest BCUT2D eigenvalue weighted by molar-refractivity contribution is -0.137. The van der Waals surface area contributed by atoms with E-state index in [1.807, 2.05) is 12.1 Å². The quantitative estimate of drug-likeness (QED) is 0.604. The molecule has 162 valence electrons. The van der Waals surface area contributed by atoms with Gasteiger partial charge in [0.2, 0.25) is 0 Å². The molecule has 5 nitrogen and oxygen atoms in total. The third-order valence-electron chi connectivity index (χ3n) is 5.39. The Labute approximate surface area is 176 Å². The average molecular weight is 440 g/mol. The van der Waals surface area contributed by atoms with Crippen molar-refractivity contribution in [1.29, 1.82) is 0 Å². The molecule has 3 N–H and O–H groups in total. The van der Waals surface area contributed by atoms with Gasteiger partial charge in [-0.05, 0) is 56.2 Å². The van der Waals surface area contributed by atoms with Gasteiger partial charge in [-0.1, -0.05) is 12.8 Å². The monoisotopic (exact) mass is 440 g/mol. The average Bonchev–Trinajstić information content (AvgIpc) is 3.36. The number of aliphatic hydroxyl groups excluding tert-OH is 1. The zero-order chi connectivity index (χ0) is 21.9. The molecule has 1 heterocycles. The van der Waals surface area contributed by atoms with E-state index < -0.39 is 29.7 Å². The van der Waals surface area contributed by atoms with E-state index in [9.17, 15) is 27.9 Å². The van der Waals surface area contributed by atoms with Gasteiger partial charge in [-0.25, -0.2) is 0 Å². The zero-order valence-electron chi connectivity index (χ0n) is 16.4. The molecule has 0 saturated heterocycles. The van der Waals surface area contributed by atoms with E-state index >= 15 is 0 Å². The molecular weight excluding hydrogens is 417 g/mol. The summed E-state index contributed by atoms with van der Waals surface area (Å²) in [4.78, 5) is 26.4. The molecule has 1 fully saturated rings. The molecule has 1 aromatic heterocycles. The number of nitrogens with one attached hydrogen (secondary N) is 2. The minimum atomic E-state index is -4.47. The van der Waals surface area contributed by atoms with Crippen molar-refractivity contribution < 1.29 is 27.9 Å². The number of halogens is 3. The van der Waals surface area contributed by atoms with E-state index in [2.05, 4.69) is 10.6 Å². The number of anilines is 1. The predicted molar refractivity (Wildman–Crippen MR) is 108 cm³/mol. The van der Waals surface area contributed by atoms with Gasteiger partial charge in [0, 0.05) is 27.4 Å². The summed E-state index contributed by atoms with van der Waals surface area (Å²) in [5.41, 5.74) is -0.999. The summed E-state index contributed by atoms with van der Waals surface area (Å²) in [5, 5.41) is 14.8. The molecule has 1 aliphatic rings. The van der Waals surface area contributed by atoms with Gasteiger partial charge in [0.25, 0.3) is 0 Å². The Morgan fingerprint density at radius 1 is 1.10 bits per heavy atom. The SMILES string of the molecule is CC(O)c1ccc(C2(CNC(=O)C(=O)Nc3ccc(C(F)(F)F)cc3)CCCC2)s1. The Bertz CT molecular complexity index is 901. The van der Waals surface area contributed by atoms with Crippen LogP contribution in [0.3, 0.4) is 0 Å². The summed E-state index contributed by atoms with van der Waals surface area (Å²) in [6.45, 7) is 1.98. The number of rotatable bonds is 5. The summed E-state index contributed by atoms with van der Waals surface area (Å²) in [6.07, 6.45) is -1.27. The lowest BCUT2D eigenvalue weighted by Gasteiger charge is -2.28. The normalized spacial score (nSPS) is 16.8. The summed E-state index contributed by atoms with van der Waals surface area (Å²) in [7, 11) is 0. The maximum absolute atomic E-state index is 12.6. The van der Waals surface area contributed by atoms with Crippen molar-refractivity contribution >= 4 is 28.8 Å². The molecule has 3 rings (SSSR count). The van der Waals surface area contributed by atoms with Gasteiger partial charge in [-0.2, -0.15) is 13.2 Å². The Hall–Kier alpha value is -2.39. The Kier molecular flexibility index (Phi) is 6.52. The van der Waals surface area contributed by atoms with Crippen LogP contribution in [-0.4, -0.2) is 23.5 Å². The largest absolute Gasteiger partial charge is 0.416 e. The first-order chi connectivity index (χ1) is 14.1. The zero-order valence-corrected chi connectivity index (χ0v) is 17.2. The van der Waals surface area contributed by atoms with Gasteiger partial charge >= 0.3 is 18.0 Å². The van der Waals surface area contributed by atoms with Gasteiger partial charge in [-0.15, -0.1) is 11.3 Å². The van der Waals surface area contributed by atoms with Crippen molar-refractivity contribution in [2.24, 2.45) is 0 Å². The van der Waals surface area contributed by atoms with Crippen LogP contribution < -0.4 is 10.6 Å². The van der Waals surface area contributed by atoms with E-state index in [0.717, 1.165) is 59.7 Å². The fourth-order valence-electron chi connectivity index (χ4n) is 3.68. The lowest BCUT2D eigenvalue weighted by Crippen LogP contribution is -2.43. The summed E-state index contributed by atoms with van der Waals surface area (Å²) in [5.74, 6) is -1.77. The Balaban J connectivity index is 1.62. The summed E-state index contributed by atoms with van der Waals surface area (Å²) in [6, 6.07) is 7.75. The molecule has 0 radical (unpaired) electrons. The molecule has 0 spiro atoms. The van der Waals surface area contributed by atoms with E-state index in [1.165, 1.54) is 11.3 Å². The van der Waals surface area contributed by atoms with Crippen LogP contribution in [0.2, 0.25) is 0 Å². The van der Waals surface area contributed by atoms with Gasteiger partial charge in [0.1, 0.15) is 0 Å². The number of alkyl halides is 3. The molecule has 1 unspecified atom stereocenters. The second kappa shape index (κ2) is 8.77. The maximum atomic E-state index is 12.6. The lowest BCUT2D eigenvalue weighted by atomic mass is 9.84. The first-order valence-electron chi connectivity index (χ1n) is 9.65. The predicted octanol–water partition coefficient (Wildman–Crippen LogP) is 4.39. The van der Waals surface area contributed by atoms with Crippen molar-refractivity contribution in [2.75, 3.05) is 11.9 Å². The Morgan fingerprint density at radius 3 is 2.27 bits per heavy atom. The van der Waals surface area contributed by atoms with Crippen molar-refractivity contribution in [3.63, 3.8) is 0 Å². The second-order valence-corrected chi connectivity index (χ2v) is 8.69. The minimum absolute atomic E-state index is 0.110. The molecule has 2 amide bonds. The molecule has 9 heteroatoms. The third kappa shape index (κ3) is 5.02. The van der Waals surface area contributed by atoms with Crippen LogP contribution in [0.4, 0.5) is 18.9 Å². The molecule has 2 aromatic rings. The Morgan fingerprint density at radius 2 is 1.73 bits per heavy atom. The fourth-order valence-corrected chi connectivity index (χ4v) is 4.87. The van der Waals surface area contributed by atoms with Crippen LogP contribution in [0.5, 0.6) is 0 Å². The number of benzene rings is 1. The van der Waals surface area contributed by atoms with Gasteiger partial charge in [0.05, 0.1) is 11.7 Å². The number of amides is 2. The van der Waals surface area contributed by atoms with Crippen molar-refractivity contribution in [3.8, 4) is 0 Å². The van der Waals surface area contributed by atoms with E-state index in [4.69, 9.17) is 0 Å². The highest BCUT2D eigenvalue weighted by atomic mass is 32.1. The first-order valence-corrected chi connectivity index (χ1v) is 10.5. The molecule has 1 atom stereocenters. The molecule has 1 saturated carbocycles.